The molecule has 0 fully saturated rings. The topological polar surface area (TPSA) is 75.6 Å². The summed E-state index contributed by atoms with van der Waals surface area (Å²) in [6, 6.07) is 14.0. The van der Waals surface area contributed by atoms with Crippen LogP contribution in [0.25, 0.3) is 0 Å². The molecule has 1 unspecified atom stereocenters. The third-order valence-electron chi connectivity index (χ3n) is 3.42. The van der Waals surface area contributed by atoms with Crippen molar-refractivity contribution in [3.63, 3.8) is 0 Å². The molecule has 1 amide bonds. The molecule has 0 saturated heterocycles. The molecular formula is C18H19NO4. The molecule has 0 radical (unpaired) electrons. The molecule has 5 heteroatoms. The highest BCUT2D eigenvalue weighted by Gasteiger charge is 2.13. The lowest BCUT2D eigenvalue weighted by Gasteiger charge is -2.12. The number of hydrogen-bond donors (Lipinski definition) is 2. The van der Waals surface area contributed by atoms with Crippen LogP contribution in [0.4, 0.5) is 5.69 Å². The zero-order valence-electron chi connectivity index (χ0n) is 13.1. The largest absolute Gasteiger partial charge is 0.479 e. The van der Waals surface area contributed by atoms with Gasteiger partial charge in [0.15, 0.2) is 6.10 Å². The number of aryl methyl sites for hydroxylation is 1. The third-order valence-corrected chi connectivity index (χ3v) is 3.42. The van der Waals surface area contributed by atoms with Crippen molar-refractivity contribution < 1.29 is 19.4 Å². The number of para-hydroxylation sites is 1. The molecule has 0 aromatic heterocycles. The van der Waals surface area contributed by atoms with E-state index in [0.29, 0.717) is 11.3 Å². The van der Waals surface area contributed by atoms with Gasteiger partial charge in [-0.1, -0.05) is 25.1 Å². The van der Waals surface area contributed by atoms with E-state index in [1.807, 2.05) is 31.2 Å². The predicted molar refractivity (Wildman–Crippen MR) is 87.9 cm³/mol. The van der Waals surface area contributed by atoms with Crippen molar-refractivity contribution in [2.45, 2.75) is 26.4 Å². The Morgan fingerprint density at radius 3 is 2.39 bits per heavy atom. The minimum atomic E-state index is -1.04. The first-order chi connectivity index (χ1) is 11.0. The molecule has 0 heterocycles. The summed E-state index contributed by atoms with van der Waals surface area (Å²) in [5, 5.41) is 11.7. The maximum Gasteiger partial charge on any atom is 0.344 e. The predicted octanol–water partition coefficient (Wildman–Crippen LogP) is 3.35. The standard InChI is InChI=1S/C18H19NO4/c1-3-13-6-4-5-7-16(13)19-17(20)14-8-10-15(11-9-14)23-12(2)18(21)22/h4-12H,3H2,1-2H3,(H,19,20)(H,21,22). The van der Waals surface area contributed by atoms with E-state index >= 15 is 0 Å². The van der Waals surface area contributed by atoms with Crippen LogP contribution in [0.3, 0.4) is 0 Å². The number of benzene rings is 2. The quantitative estimate of drug-likeness (QED) is 0.857. The normalized spacial score (nSPS) is 11.6. The van der Waals surface area contributed by atoms with Crippen LogP contribution >= 0.6 is 0 Å². The number of carbonyl (C=O) groups is 2. The number of amides is 1. The van der Waals surface area contributed by atoms with Gasteiger partial charge in [0.1, 0.15) is 5.75 Å². The molecule has 0 bridgehead atoms. The fraction of sp³-hybridized carbons (Fsp3) is 0.222. The number of rotatable bonds is 6. The van der Waals surface area contributed by atoms with Gasteiger partial charge in [-0.25, -0.2) is 4.79 Å². The van der Waals surface area contributed by atoms with Crippen LogP contribution in [-0.2, 0) is 11.2 Å². The maximum atomic E-state index is 12.3. The average molecular weight is 313 g/mol. The van der Waals surface area contributed by atoms with E-state index in [4.69, 9.17) is 9.84 Å². The maximum absolute atomic E-state index is 12.3. The molecule has 0 aliphatic carbocycles. The highest BCUT2D eigenvalue weighted by molar-refractivity contribution is 6.04. The summed E-state index contributed by atoms with van der Waals surface area (Å²) in [7, 11) is 0. The van der Waals surface area contributed by atoms with Crippen LogP contribution in [0.15, 0.2) is 48.5 Å². The fourth-order valence-electron chi connectivity index (χ4n) is 2.08. The van der Waals surface area contributed by atoms with Crippen molar-refractivity contribution in [2.24, 2.45) is 0 Å². The SMILES string of the molecule is CCc1ccccc1NC(=O)c1ccc(OC(C)C(=O)O)cc1. The van der Waals surface area contributed by atoms with Gasteiger partial charge < -0.3 is 15.2 Å². The van der Waals surface area contributed by atoms with Gasteiger partial charge in [-0.15, -0.1) is 0 Å². The van der Waals surface area contributed by atoms with Crippen LogP contribution in [0.5, 0.6) is 5.75 Å². The fourth-order valence-corrected chi connectivity index (χ4v) is 2.08. The Bertz CT molecular complexity index is 694. The van der Waals surface area contributed by atoms with E-state index in [2.05, 4.69) is 5.32 Å². The Labute approximate surface area is 134 Å². The summed E-state index contributed by atoms with van der Waals surface area (Å²) in [5.41, 5.74) is 2.34. The molecule has 120 valence electrons. The van der Waals surface area contributed by atoms with Crippen LogP contribution in [-0.4, -0.2) is 23.1 Å². The van der Waals surface area contributed by atoms with E-state index in [9.17, 15) is 9.59 Å². The number of hydrogen-bond acceptors (Lipinski definition) is 3. The highest BCUT2D eigenvalue weighted by atomic mass is 16.5. The van der Waals surface area contributed by atoms with Crippen molar-refractivity contribution in [1.82, 2.24) is 0 Å². The minimum absolute atomic E-state index is 0.219. The summed E-state index contributed by atoms with van der Waals surface area (Å²) < 4.78 is 5.23. The smallest absolute Gasteiger partial charge is 0.344 e. The number of aliphatic carboxylic acids is 1. The average Bonchev–Trinajstić information content (AvgIpc) is 2.55. The van der Waals surface area contributed by atoms with Crippen LogP contribution < -0.4 is 10.1 Å². The van der Waals surface area contributed by atoms with Crippen LogP contribution in [0, 0.1) is 0 Å². The van der Waals surface area contributed by atoms with Gasteiger partial charge in [0.05, 0.1) is 0 Å². The van der Waals surface area contributed by atoms with Crippen LogP contribution in [0.2, 0.25) is 0 Å². The van der Waals surface area contributed by atoms with Crippen LogP contribution in [0.1, 0.15) is 29.8 Å². The number of nitrogens with one attached hydrogen (secondary N) is 1. The van der Waals surface area contributed by atoms with Gasteiger partial charge in [0, 0.05) is 11.3 Å². The second kappa shape index (κ2) is 7.45. The molecule has 0 aliphatic heterocycles. The van der Waals surface area contributed by atoms with Gasteiger partial charge in [0.2, 0.25) is 0 Å². The van der Waals surface area contributed by atoms with Crippen molar-refractivity contribution in [3.8, 4) is 5.75 Å². The van der Waals surface area contributed by atoms with Gasteiger partial charge >= 0.3 is 5.97 Å². The van der Waals surface area contributed by atoms with E-state index < -0.39 is 12.1 Å². The van der Waals surface area contributed by atoms with E-state index in [1.165, 1.54) is 6.92 Å². The summed E-state index contributed by atoms with van der Waals surface area (Å²) in [6.45, 7) is 3.48. The van der Waals surface area contributed by atoms with E-state index in [1.54, 1.807) is 24.3 Å². The number of carboxylic acid groups (broad SMARTS) is 1. The van der Waals surface area contributed by atoms with Gasteiger partial charge in [-0.05, 0) is 49.2 Å². The molecule has 2 aromatic carbocycles. The number of carbonyl (C=O) groups excluding carboxylic acids is 1. The Morgan fingerprint density at radius 1 is 1.13 bits per heavy atom. The molecule has 2 aromatic rings. The molecule has 2 N–H and O–H groups in total. The molecule has 0 aliphatic rings. The number of ether oxygens (including phenoxy) is 1. The first-order valence-electron chi connectivity index (χ1n) is 7.40. The lowest BCUT2D eigenvalue weighted by atomic mass is 10.1. The van der Waals surface area contributed by atoms with Crippen molar-refractivity contribution >= 4 is 17.6 Å². The summed E-state index contributed by atoms with van der Waals surface area (Å²) in [6.07, 6.45) is -0.109. The summed E-state index contributed by atoms with van der Waals surface area (Å²) >= 11 is 0. The molecular weight excluding hydrogens is 294 g/mol. The Morgan fingerprint density at radius 2 is 1.78 bits per heavy atom. The summed E-state index contributed by atoms with van der Waals surface area (Å²) in [5.74, 6) is -0.850. The lowest BCUT2D eigenvalue weighted by Crippen LogP contribution is -2.22. The zero-order chi connectivity index (χ0) is 16.8. The van der Waals surface area contributed by atoms with E-state index in [0.717, 1.165) is 17.7 Å². The number of carboxylic acids is 1. The molecule has 1 atom stereocenters. The second-order valence-corrected chi connectivity index (χ2v) is 5.09. The van der Waals surface area contributed by atoms with Crippen molar-refractivity contribution in [2.75, 3.05) is 5.32 Å². The Balaban J connectivity index is 2.07. The van der Waals surface area contributed by atoms with Crippen molar-refractivity contribution in [1.29, 1.82) is 0 Å². The van der Waals surface area contributed by atoms with Crippen molar-refractivity contribution in [3.05, 3.63) is 59.7 Å². The lowest BCUT2D eigenvalue weighted by molar-refractivity contribution is -0.144. The summed E-state index contributed by atoms with van der Waals surface area (Å²) in [4.78, 5) is 23.0. The second-order valence-electron chi connectivity index (χ2n) is 5.09. The molecule has 0 spiro atoms. The van der Waals surface area contributed by atoms with Gasteiger partial charge in [-0.3, -0.25) is 4.79 Å². The molecule has 2 rings (SSSR count). The van der Waals surface area contributed by atoms with Gasteiger partial charge in [0.25, 0.3) is 5.91 Å². The Kier molecular flexibility index (Phi) is 5.36. The zero-order valence-corrected chi connectivity index (χ0v) is 13.1. The first-order valence-corrected chi connectivity index (χ1v) is 7.40. The van der Waals surface area contributed by atoms with E-state index in [-0.39, 0.29) is 5.91 Å². The van der Waals surface area contributed by atoms with Gasteiger partial charge in [-0.2, -0.15) is 0 Å². The monoisotopic (exact) mass is 313 g/mol. The third kappa shape index (κ3) is 4.32. The number of anilines is 1. The molecule has 23 heavy (non-hydrogen) atoms. The molecule has 5 nitrogen and oxygen atoms in total. The molecule has 0 saturated carbocycles. The Hall–Kier alpha value is -2.82. The first kappa shape index (κ1) is 16.5. The minimum Gasteiger partial charge on any atom is -0.479 e. The highest BCUT2D eigenvalue weighted by Crippen LogP contribution is 2.18.